The molecule has 4 heterocycles. The number of aryl methyl sites for hydroxylation is 1. The van der Waals surface area contributed by atoms with Crippen LogP contribution in [0.25, 0.3) is 11.5 Å². The van der Waals surface area contributed by atoms with Gasteiger partial charge in [0.05, 0.1) is 5.56 Å². The maximum Gasteiger partial charge on any atom is 0.417 e. The van der Waals surface area contributed by atoms with Crippen molar-refractivity contribution in [2.24, 2.45) is 7.05 Å². The minimum absolute atomic E-state index is 0.144. The zero-order valence-electron chi connectivity index (χ0n) is 16.3. The molecule has 0 unspecified atom stereocenters. The van der Waals surface area contributed by atoms with Crippen molar-refractivity contribution in [3.63, 3.8) is 0 Å². The van der Waals surface area contributed by atoms with Crippen molar-refractivity contribution in [1.29, 1.82) is 0 Å². The SMILES string of the molecule is Cc1c(-c2nnc([C@@]3(C)CCNC3=O)o2)c(Nc2ccc(C(F)(F)F)cn2)nn1C. The first-order valence-corrected chi connectivity index (χ1v) is 9.06. The van der Waals surface area contributed by atoms with E-state index < -0.39 is 17.2 Å². The molecule has 0 spiro atoms. The van der Waals surface area contributed by atoms with Crippen molar-refractivity contribution >= 4 is 17.5 Å². The van der Waals surface area contributed by atoms with Crippen LogP contribution in [0.3, 0.4) is 0 Å². The summed E-state index contributed by atoms with van der Waals surface area (Å²) in [5.41, 5.74) is -0.611. The van der Waals surface area contributed by atoms with Crippen molar-refractivity contribution in [3.05, 3.63) is 35.5 Å². The molecule has 12 heteroatoms. The maximum absolute atomic E-state index is 12.7. The monoisotopic (exact) mass is 421 g/mol. The van der Waals surface area contributed by atoms with E-state index >= 15 is 0 Å². The summed E-state index contributed by atoms with van der Waals surface area (Å²) in [5, 5.41) is 18.1. The number of aromatic nitrogens is 5. The first kappa shape index (κ1) is 19.9. The Labute approximate surface area is 168 Å². The Morgan fingerprint density at radius 1 is 1.30 bits per heavy atom. The molecule has 30 heavy (non-hydrogen) atoms. The minimum Gasteiger partial charge on any atom is -0.419 e. The molecular weight excluding hydrogens is 403 g/mol. The predicted molar refractivity (Wildman–Crippen MR) is 98.7 cm³/mol. The number of rotatable bonds is 4. The van der Waals surface area contributed by atoms with E-state index in [1.165, 1.54) is 6.07 Å². The van der Waals surface area contributed by atoms with Crippen LogP contribution in [-0.4, -0.2) is 37.4 Å². The lowest BCUT2D eigenvalue weighted by Gasteiger charge is -2.14. The first-order chi connectivity index (χ1) is 14.1. The van der Waals surface area contributed by atoms with Gasteiger partial charge in [0.15, 0.2) is 5.82 Å². The van der Waals surface area contributed by atoms with Gasteiger partial charge in [0.2, 0.25) is 11.8 Å². The summed E-state index contributed by atoms with van der Waals surface area (Å²) in [5.74, 6) is 0.607. The molecule has 158 valence electrons. The molecule has 1 aliphatic rings. The van der Waals surface area contributed by atoms with Crippen molar-refractivity contribution < 1.29 is 22.4 Å². The fraction of sp³-hybridized carbons (Fsp3) is 0.389. The number of carbonyl (C=O) groups excluding carboxylic acids is 1. The first-order valence-electron chi connectivity index (χ1n) is 9.06. The second kappa shape index (κ2) is 6.82. The molecule has 0 aromatic carbocycles. The zero-order chi connectivity index (χ0) is 21.7. The van der Waals surface area contributed by atoms with Crippen LogP contribution in [0.4, 0.5) is 24.8 Å². The van der Waals surface area contributed by atoms with Crippen LogP contribution in [0.15, 0.2) is 22.7 Å². The minimum atomic E-state index is -4.47. The topological polar surface area (TPSA) is 111 Å². The third kappa shape index (κ3) is 3.27. The summed E-state index contributed by atoms with van der Waals surface area (Å²) >= 11 is 0. The van der Waals surface area contributed by atoms with E-state index in [1.807, 2.05) is 0 Å². The Hall–Kier alpha value is -3.44. The molecule has 1 saturated heterocycles. The van der Waals surface area contributed by atoms with Crippen LogP contribution >= 0.6 is 0 Å². The number of anilines is 2. The lowest BCUT2D eigenvalue weighted by molar-refractivity contribution is -0.137. The molecule has 3 aromatic rings. The van der Waals surface area contributed by atoms with E-state index in [0.717, 1.165) is 12.3 Å². The van der Waals surface area contributed by atoms with Crippen LogP contribution in [-0.2, 0) is 23.4 Å². The maximum atomic E-state index is 12.7. The van der Waals surface area contributed by atoms with Crippen molar-refractivity contribution in [1.82, 2.24) is 30.3 Å². The number of alkyl halides is 3. The normalized spacial score (nSPS) is 19.2. The molecule has 0 radical (unpaired) electrons. The van der Waals surface area contributed by atoms with Crippen molar-refractivity contribution in [3.8, 4) is 11.5 Å². The van der Waals surface area contributed by atoms with E-state index in [9.17, 15) is 18.0 Å². The van der Waals surface area contributed by atoms with Crippen LogP contribution < -0.4 is 10.6 Å². The highest BCUT2D eigenvalue weighted by Crippen LogP contribution is 2.36. The second-order valence-corrected chi connectivity index (χ2v) is 7.24. The largest absolute Gasteiger partial charge is 0.419 e. The van der Waals surface area contributed by atoms with Gasteiger partial charge in [-0.2, -0.15) is 18.3 Å². The third-order valence-corrected chi connectivity index (χ3v) is 5.19. The Bertz CT molecular complexity index is 1100. The Morgan fingerprint density at radius 2 is 2.07 bits per heavy atom. The number of hydrogen-bond acceptors (Lipinski definition) is 7. The molecule has 0 bridgehead atoms. The predicted octanol–water partition coefficient (Wildman–Crippen LogP) is 2.71. The van der Waals surface area contributed by atoms with Gasteiger partial charge in [-0.3, -0.25) is 9.48 Å². The van der Waals surface area contributed by atoms with Crippen LogP contribution in [0.5, 0.6) is 0 Å². The lowest BCUT2D eigenvalue weighted by Crippen LogP contribution is -2.32. The summed E-state index contributed by atoms with van der Waals surface area (Å²) in [6, 6.07) is 2.13. The number of amides is 1. The van der Waals surface area contributed by atoms with Gasteiger partial charge in [-0.1, -0.05) is 0 Å². The van der Waals surface area contributed by atoms with E-state index in [4.69, 9.17) is 4.42 Å². The van der Waals surface area contributed by atoms with Gasteiger partial charge in [-0.25, -0.2) is 4.98 Å². The van der Waals surface area contributed by atoms with Crippen LogP contribution in [0.1, 0.15) is 30.5 Å². The molecule has 1 amide bonds. The van der Waals surface area contributed by atoms with Crippen LogP contribution in [0, 0.1) is 6.92 Å². The molecule has 0 aliphatic carbocycles. The summed E-state index contributed by atoms with van der Waals surface area (Å²) in [7, 11) is 1.70. The summed E-state index contributed by atoms with van der Waals surface area (Å²) < 4.78 is 45.6. The number of nitrogens with zero attached hydrogens (tertiary/aromatic N) is 5. The van der Waals surface area contributed by atoms with Gasteiger partial charge in [-0.15, -0.1) is 10.2 Å². The smallest absolute Gasteiger partial charge is 0.417 e. The van der Waals surface area contributed by atoms with E-state index in [-0.39, 0.29) is 23.5 Å². The number of nitrogens with one attached hydrogen (secondary N) is 2. The van der Waals surface area contributed by atoms with Gasteiger partial charge >= 0.3 is 6.18 Å². The van der Waals surface area contributed by atoms with Crippen LogP contribution in [0.2, 0.25) is 0 Å². The number of carbonyl (C=O) groups is 1. The molecule has 0 saturated carbocycles. The summed E-state index contributed by atoms with van der Waals surface area (Å²) in [6.45, 7) is 4.03. The highest BCUT2D eigenvalue weighted by atomic mass is 19.4. The quantitative estimate of drug-likeness (QED) is 0.666. The standard InChI is InChI=1S/C18H18F3N7O2/c1-9-12(14-25-26-16(30-14)17(2)6-7-22-15(17)29)13(27-28(9)3)24-11-5-4-10(8-23-11)18(19,20)21/h4-5,8H,6-7H2,1-3H3,(H,22,29)(H,23,24,27)/t17-/m0/s1. The molecule has 3 aromatic heterocycles. The number of hydrogen-bond donors (Lipinski definition) is 2. The van der Waals surface area contributed by atoms with E-state index in [2.05, 4.69) is 30.9 Å². The van der Waals surface area contributed by atoms with Gasteiger partial charge in [0, 0.05) is 25.5 Å². The molecule has 2 N–H and O–H groups in total. The molecule has 1 aliphatic heterocycles. The molecule has 4 rings (SSSR count). The number of pyridine rings is 1. The summed E-state index contributed by atoms with van der Waals surface area (Å²) in [6.07, 6.45) is -3.21. The lowest BCUT2D eigenvalue weighted by atomic mass is 9.89. The van der Waals surface area contributed by atoms with Crippen molar-refractivity contribution in [2.45, 2.75) is 31.9 Å². The number of halogens is 3. The van der Waals surface area contributed by atoms with Gasteiger partial charge < -0.3 is 15.1 Å². The molecular formula is C18H18F3N7O2. The second-order valence-electron chi connectivity index (χ2n) is 7.24. The van der Waals surface area contributed by atoms with Gasteiger partial charge in [-0.05, 0) is 32.4 Å². The Morgan fingerprint density at radius 3 is 2.67 bits per heavy atom. The molecule has 9 nitrogen and oxygen atoms in total. The van der Waals surface area contributed by atoms with Crippen molar-refractivity contribution in [2.75, 3.05) is 11.9 Å². The van der Waals surface area contributed by atoms with E-state index in [0.29, 0.717) is 30.0 Å². The average Bonchev–Trinajstić information content (AvgIpc) is 3.36. The fourth-order valence-corrected chi connectivity index (χ4v) is 3.19. The molecule has 1 fully saturated rings. The zero-order valence-corrected chi connectivity index (χ0v) is 16.3. The fourth-order valence-electron chi connectivity index (χ4n) is 3.19. The Balaban J connectivity index is 1.67. The highest BCUT2D eigenvalue weighted by Gasteiger charge is 2.44. The summed E-state index contributed by atoms with van der Waals surface area (Å²) in [4.78, 5) is 16.0. The van der Waals surface area contributed by atoms with Gasteiger partial charge in [0.1, 0.15) is 16.8 Å². The highest BCUT2D eigenvalue weighted by molar-refractivity contribution is 5.88. The third-order valence-electron chi connectivity index (χ3n) is 5.19. The Kier molecular flexibility index (Phi) is 4.51. The van der Waals surface area contributed by atoms with Gasteiger partial charge in [0.25, 0.3) is 5.89 Å². The average molecular weight is 421 g/mol. The molecule has 1 atom stereocenters. The van der Waals surface area contributed by atoms with E-state index in [1.54, 1.807) is 25.6 Å².